The van der Waals surface area contributed by atoms with Crippen LogP contribution >= 0.6 is 0 Å². The van der Waals surface area contributed by atoms with E-state index in [1.54, 1.807) is 0 Å². The number of piperidine rings is 1. The van der Waals surface area contributed by atoms with Crippen LogP contribution in [0.4, 0.5) is 5.95 Å². The summed E-state index contributed by atoms with van der Waals surface area (Å²) in [6.45, 7) is 8.71. The second-order valence-corrected chi connectivity index (χ2v) is 7.31. The number of aromatic nitrogens is 3. The van der Waals surface area contributed by atoms with E-state index in [0.717, 1.165) is 56.1 Å². The maximum Gasteiger partial charge on any atom is 0.245 e. The maximum absolute atomic E-state index is 4.79. The standard InChI is InChI=1S/C21H31N5/c1-5-19-20(6-2)23-24-21(22-19)25(4)18-12-13-26(16(3)14-18)15-17-10-8-7-9-11-17/h7-11,16,18H,5-6,12-15H2,1-4H3. The summed E-state index contributed by atoms with van der Waals surface area (Å²) >= 11 is 0. The van der Waals surface area contributed by atoms with E-state index >= 15 is 0 Å². The molecule has 0 spiro atoms. The zero-order chi connectivity index (χ0) is 18.5. The van der Waals surface area contributed by atoms with Gasteiger partial charge in [-0.1, -0.05) is 44.2 Å². The summed E-state index contributed by atoms with van der Waals surface area (Å²) in [5.74, 6) is 0.771. The maximum atomic E-state index is 4.79. The molecule has 1 fully saturated rings. The lowest BCUT2D eigenvalue weighted by atomic mass is 9.96. The molecule has 0 aliphatic carbocycles. The smallest absolute Gasteiger partial charge is 0.245 e. The van der Waals surface area contributed by atoms with Gasteiger partial charge in [0.05, 0.1) is 11.4 Å². The number of hydrogen-bond acceptors (Lipinski definition) is 5. The van der Waals surface area contributed by atoms with Crippen molar-refractivity contribution in [1.82, 2.24) is 20.1 Å². The second-order valence-electron chi connectivity index (χ2n) is 7.31. The fourth-order valence-electron chi connectivity index (χ4n) is 3.84. The first kappa shape index (κ1) is 18.8. The lowest BCUT2D eigenvalue weighted by molar-refractivity contribution is 0.138. The van der Waals surface area contributed by atoms with Crippen molar-refractivity contribution in [2.75, 3.05) is 18.5 Å². The third-order valence-corrected chi connectivity index (χ3v) is 5.58. The molecule has 0 N–H and O–H groups in total. The van der Waals surface area contributed by atoms with E-state index in [1.165, 1.54) is 5.56 Å². The SMILES string of the molecule is CCc1nnc(N(C)C2CCN(Cc3ccccc3)C(C)C2)nc1CC. The Morgan fingerprint density at radius 3 is 2.46 bits per heavy atom. The molecule has 3 rings (SSSR count). The Labute approximate surface area is 157 Å². The average molecular weight is 354 g/mol. The van der Waals surface area contributed by atoms with Gasteiger partial charge in [-0.25, -0.2) is 4.98 Å². The van der Waals surface area contributed by atoms with Crippen molar-refractivity contribution in [3.63, 3.8) is 0 Å². The first-order valence-corrected chi connectivity index (χ1v) is 9.85. The van der Waals surface area contributed by atoms with Crippen LogP contribution in [0.15, 0.2) is 30.3 Å². The van der Waals surface area contributed by atoms with Crippen molar-refractivity contribution < 1.29 is 0 Å². The van der Waals surface area contributed by atoms with Gasteiger partial charge in [0.25, 0.3) is 0 Å². The predicted molar refractivity (Wildman–Crippen MR) is 106 cm³/mol. The van der Waals surface area contributed by atoms with Crippen LogP contribution in [0.5, 0.6) is 0 Å². The zero-order valence-electron chi connectivity index (χ0n) is 16.5. The van der Waals surface area contributed by atoms with Crippen molar-refractivity contribution in [2.45, 2.75) is 65.1 Å². The van der Waals surface area contributed by atoms with Gasteiger partial charge in [-0.2, -0.15) is 5.10 Å². The Morgan fingerprint density at radius 2 is 1.81 bits per heavy atom. The highest BCUT2D eigenvalue weighted by Crippen LogP contribution is 2.25. The summed E-state index contributed by atoms with van der Waals surface area (Å²) in [5.41, 5.74) is 3.50. The molecule has 2 atom stereocenters. The Hall–Kier alpha value is -2.01. The molecule has 0 radical (unpaired) electrons. The number of anilines is 1. The lowest BCUT2D eigenvalue weighted by Gasteiger charge is -2.41. The summed E-state index contributed by atoms with van der Waals surface area (Å²) in [6, 6.07) is 11.8. The topological polar surface area (TPSA) is 45.2 Å². The fraction of sp³-hybridized carbons (Fsp3) is 0.571. The van der Waals surface area contributed by atoms with Gasteiger partial charge in [0.2, 0.25) is 5.95 Å². The fourth-order valence-corrected chi connectivity index (χ4v) is 3.84. The molecule has 26 heavy (non-hydrogen) atoms. The van der Waals surface area contributed by atoms with Crippen LogP contribution in [0, 0.1) is 0 Å². The van der Waals surface area contributed by atoms with E-state index in [1.807, 2.05) is 0 Å². The summed E-state index contributed by atoms with van der Waals surface area (Å²) in [6.07, 6.45) is 4.06. The Bertz CT molecular complexity index is 703. The predicted octanol–water partition coefficient (Wildman–Crippen LogP) is 3.49. The minimum atomic E-state index is 0.469. The van der Waals surface area contributed by atoms with E-state index in [9.17, 15) is 0 Å². The number of benzene rings is 1. The largest absolute Gasteiger partial charge is 0.339 e. The van der Waals surface area contributed by atoms with Gasteiger partial charge in [0.1, 0.15) is 0 Å². The molecule has 2 aromatic rings. The molecule has 0 amide bonds. The van der Waals surface area contributed by atoms with Gasteiger partial charge in [-0.05, 0) is 38.2 Å². The molecule has 1 aromatic carbocycles. The van der Waals surface area contributed by atoms with E-state index in [0.29, 0.717) is 12.1 Å². The molecule has 2 unspecified atom stereocenters. The number of rotatable bonds is 6. The highest BCUT2D eigenvalue weighted by molar-refractivity contribution is 5.31. The summed E-state index contributed by atoms with van der Waals surface area (Å²) in [4.78, 5) is 9.61. The molecule has 1 aromatic heterocycles. The lowest BCUT2D eigenvalue weighted by Crippen LogP contribution is -2.48. The Kier molecular flexibility index (Phi) is 6.20. The van der Waals surface area contributed by atoms with E-state index in [-0.39, 0.29) is 0 Å². The number of nitrogens with zero attached hydrogens (tertiary/aromatic N) is 5. The molecule has 1 aliphatic heterocycles. The van der Waals surface area contributed by atoms with Crippen molar-refractivity contribution in [2.24, 2.45) is 0 Å². The monoisotopic (exact) mass is 353 g/mol. The van der Waals surface area contributed by atoms with Gasteiger partial charge >= 0.3 is 0 Å². The summed E-state index contributed by atoms with van der Waals surface area (Å²) in [5, 5.41) is 8.81. The van der Waals surface area contributed by atoms with Crippen molar-refractivity contribution >= 4 is 5.95 Å². The molecule has 140 valence electrons. The van der Waals surface area contributed by atoms with Crippen molar-refractivity contribution in [1.29, 1.82) is 0 Å². The van der Waals surface area contributed by atoms with Crippen LogP contribution in [0.1, 0.15) is 50.6 Å². The third-order valence-electron chi connectivity index (χ3n) is 5.58. The van der Waals surface area contributed by atoms with Crippen LogP contribution in [-0.4, -0.2) is 45.8 Å². The van der Waals surface area contributed by atoms with Gasteiger partial charge in [-0.3, -0.25) is 4.90 Å². The normalized spacial score (nSPS) is 20.9. The van der Waals surface area contributed by atoms with Crippen molar-refractivity contribution in [3.05, 3.63) is 47.3 Å². The van der Waals surface area contributed by atoms with Crippen LogP contribution in [0.3, 0.4) is 0 Å². The van der Waals surface area contributed by atoms with Gasteiger partial charge in [0, 0.05) is 32.2 Å². The third kappa shape index (κ3) is 4.21. The van der Waals surface area contributed by atoms with Crippen molar-refractivity contribution in [3.8, 4) is 0 Å². The number of likely N-dealkylation sites (tertiary alicyclic amines) is 1. The minimum Gasteiger partial charge on any atom is -0.339 e. The molecule has 1 saturated heterocycles. The molecule has 1 aliphatic rings. The van der Waals surface area contributed by atoms with Crippen LogP contribution in [0.2, 0.25) is 0 Å². The minimum absolute atomic E-state index is 0.469. The van der Waals surface area contributed by atoms with Crippen LogP contribution < -0.4 is 4.90 Å². The number of hydrogen-bond donors (Lipinski definition) is 0. The molecule has 0 bridgehead atoms. The van der Waals surface area contributed by atoms with E-state index < -0.39 is 0 Å². The molecule has 0 saturated carbocycles. The van der Waals surface area contributed by atoms with E-state index in [4.69, 9.17) is 4.98 Å². The molecular formula is C21H31N5. The Morgan fingerprint density at radius 1 is 1.08 bits per heavy atom. The highest BCUT2D eigenvalue weighted by Gasteiger charge is 2.29. The van der Waals surface area contributed by atoms with Gasteiger partial charge < -0.3 is 4.90 Å². The first-order chi connectivity index (χ1) is 12.6. The quantitative estimate of drug-likeness (QED) is 0.795. The Balaban J connectivity index is 1.64. The summed E-state index contributed by atoms with van der Waals surface area (Å²) < 4.78 is 0. The number of aryl methyl sites for hydroxylation is 2. The molecular weight excluding hydrogens is 322 g/mol. The van der Waals surface area contributed by atoms with Crippen LogP contribution in [0.25, 0.3) is 0 Å². The van der Waals surface area contributed by atoms with Crippen LogP contribution in [-0.2, 0) is 19.4 Å². The first-order valence-electron chi connectivity index (χ1n) is 9.85. The zero-order valence-corrected chi connectivity index (χ0v) is 16.5. The van der Waals surface area contributed by atoms with E-state index in [2.05, 4.69) is 78.1 Å². The van der Waals surface area contributed by atoms with Gasteiger partial charge in [-0.15, -0.1) is 5.10 Å². The molecule has 5 nitrogen and oxygen atoms in total. The highest BCUT2D eigenvalue weighted by atomic mass is 15.3. The summed E-state index contributed by atoms with van der Waals surface area (Å²) in [7, 11) is 2.12. The second kappa shape index (κ2) is 8.58. The average Bonchev–Trinajstić information content (AvgIpc) is 2.69. The van der Waals surface area contributed by atoms with Gasteiger partial charge in [0.15, 0.2) is 0 Å². The molecule has 5 heteroatoms. The molecule has 2 heterocycles.